The Morgan fingerprint density at radius 3 is 2.41 bits per heavy atom. The van der Waals surface area contributed by atoms with E-state index in [1.807, 2.05) is 48.5 Å². The third kappa shape index (κ3) is 2.94. The standard InChI is InChI=1S/C15H13O2/c1-2-15(16)17-14-10-6-9-13(11-14)12-7-4-3-5-8-12/h2-11H,1H3. The molecule has 0 saturated carbocycles. The molecule has 0 aliphatic carbocycles. The van der Waals surface area contributed by atoms with Crippen molar-refractivity contribution in [3.05, 3.63) is 61.0 Å². The van der Waals surface area contributed by atoms with E-state index in [0.29, 0.717) is 5.75 Å². The molecule has 85 valence electrons. The maximum atomic E-state index is 11.2. The van der Waals surface area contributed by atoms with E-state index >= 15 is 0 Å². The Labute approximate surface area is 101 Å². The van der Waals surface area contributed by atoms with Gasteiger partial charge in [-0.1, -0.05) is 49.4 Å². The van der Waals surface area contributed by atoms with Gasteiger partial charge >= 0.3 is 5.97 Å². The normalized spacial score (nSPS) is 9.94. The van der Waals surface area contributed by atoms with Crippen molar-refractivity contribution in [2.24, 2.45) is 0 Å². The Bertz CT molecular complexity index is 503. The molecule has 0 amide bonds. The molecule has 0 aromatic heterocycles. The van der Waals surface area contributed by atoms with Crippen LogP contribution in [-0.4, -0.2) is 5.97 Å². The minimum atomic E-state index is -0.338. The summed E-state index contributed by atoms with van der Waals surface area (Å²) in [5.74, 6) is 0.227. The molecule has 0 N–H and O–H groups in total. The predicted molar refractivity (Wildman–Crippen MR) is 67.5 cm³/mol. The number of rotatable bonds is 3. The van der Waals surface area contributed by atoms with Gasteiger partial charge in [0.05, 0.1) is 6.42 Å². The monoisotopic (exact) mass is 225 g/mol. The highest BCUT2D eigenvalue weighted by atomic mass is 16.5. The molecule has 0 heterocycles. The van der Waals surface area contributed by atoms with E-state index in [2.05, 4.69) is 0 Å². The molecular weight excluding hydrogens is 212 g/mol. The second kappa shape index (κ2) is 5.30. The summed E-state index contributed by atoms with van der Waals surface area (Å²) in [6.07, 6.45) is 1.40. The van der Waals surface area contributed by atoms with Gasteiger partial charge in [0.15, 0.2) is 0 Å². The van der Waals surface area contributed by atoms with Crippen LogP contribution >= 0.6 is 0 Å². The molecule has 0 atom stereocenters. The van der Waals surface area contributed by atoms with Crippen LogP contribution in [0.1, 0.15) is 6.92 Å². The average molecular weight is 225 g/mol. The molecule has 2 aromatic rings. The summed E-state index contributed by atoms with van der Waals surface area (Å²) < 4.78 is 5.13. The molecule has 1 radical (unpaired) electrons. The lowest BCUT2D eigenvalue weighted by Crippen LogP contribution is -2.05. The molecule has 2 aromatic carbocycles. The summed E-state index contributed by atoms with van der Waals surface area (Å²) in [6.45, 7) is 1.66. The van der Waals surface area contributed by atoms with Crippen LogP contribution in [0.3, 0.4) is 0 Å². The molecule has 0 saturated heterocycles. The van der Waals surface area contributed by atoms with Crippen LogP contribution in [0.25, 0.3) is 11.1 Å². The van der Waals surface area contributed by atoms with Gasteiger partial charge in [-0.15, -0.1) is 0 Å². The van der Waals surface area contributed by atoms with Crippen molar-refractivity contribution in [2.45, 2.75) is 6.92 Å². The zero-order valence-electron chi connectivity index (χ0n) is 9.59. The third-order valence-corrected chi connectivity index (χ3v) is 2.40. The lowest BCUT2D eigenvalue weighted by atomic mass is 10.1. The molecular formula is C15H13O2. The van der Waals surface area contributed by atoms with Crippen molar-refractivity contribution in [1.82, 2.24) is 0 Å². The molecule has 0 bridgehead atoms. The van der Waals surface area contributed by atoms with E-state index in [-0.39, 0.29) is 5.97 Å². The maximum Gasteiger partial charge on any atom is 0.314 e. The molecule has 2 rings (SSSR count). The highest BCUT2D eigenvalue weighted by Gasteiger charge is 2.03. The van der Waals surface area contributed by atoms with E-state index in [9.17, 15) is 4.79 Å². The first-order chi connectivity index (χ1) is 8.29. The Hall–Kier alpha value is -2.09. The number of benzene rings is 2. The zero-order chi connectivity index (χ0) is 12.1. The first kappa shape index (κ1) is 11.4. The number of hydrogen-bond donors (Lipinski definition) is 0. The van der Waals surface area contributed by atoms with Gasteiger partial charge in [-0.2, -0.15) is 0 Å². The van der Waals surface area contributed by atoms with Crippen LogP contribution in [0.5, 0.6) is 5.75 Å². The quantitative estimate of drug-likeness (QED) is 0.590. The first-order valence-corrected chi connectivity index (χ1v) is 5.46. The Kier molecular flexibility index (Phi) is 3.55. The van der Waals surface area contributed by atoms with E-state index in [1.54, 1.807) is 13.0 Å². The summed E-state index contributed by atoms with van der Waals surface area (Å²) in [4.78, 5) is 11.2. The van der Waals surface area contributed by atoms with Crippen molar-refractivity contribution in [2.75, 3.05) is 0 Å². The molecule has 2 heteroatoms. The van der Waals surface area contributed by atoms with Crippen LogP contribution in [0.4, 0.5) is 0 Å². The van der Waals surface area contributed by atoms with Gasteiger partial charge in [-0.05, 0) is 23.3 Å². The van der Waals surface area contributed by atoms with Crippen LogP contribution < -0.4 is 4.74 Å². The van der Waals surface area contributed by atoms with Crippen molar-refractivity contribution in [1.29, 1.82) is 0 Å². The van der Waals surface area contributed by atoms with Gasteiger partial charge in [-0.3, -0.25) is 4.79 Å². The van der Waals surface area contributed by atoms with Crippen LogP contribution in [0.15, 0.2) is 54.6 Å². The molecule has 0 spiro atoms. The number of carbonyl (C=O) groups is 1. The summed E-state index contributed by atoms with van der Waals surface area (Å²) in [5.41, 5.74) is 2.14. The number of esters is 1. The average Bonchev–Trinajstić information content (AvgIpc) is 2.40. The molecule has 2 nitrogen and oxygen atoms in total. The van der Waals surface area contributed by atoms with Crippen LogP contribution in [-0.2, 0) is 4.79 Å². The van der Waals surface area contributed by atoms with Crippen LogP contribution in [0.2, 0.25) is 0 Å². The van der Waals surface area contributed by atoms with Gasteiger partial charge in [0.1, 0.15) is 5.75 Å². The predicted octanol–water partition coefficient (Wildman–Crippen LogP) is 3.48. The number of hydrogen-bond acceptors (Lipinski definition) is 2. The SMILES string of the molecule is C[CH]C(=O)Oc1cccc(-c2ccccc2)c1. The molecule has 17 heavy (non-hydrogen) atoms. The fourth-order valence-corrected chi connectivity index (χ4v) is 1.54. The van der Waals surface area contributed by atoms with Crippen molar-refractivity contribution in [3.63, 3.8) is 0 Å². The van der Waals surface area contributed by atoms with Crippen molar-refractivity contribution < 1.29 is 9.53 Å². The van der Waals surface area contributed by atoms with Crippen molar-refractivity contribution in [3.8, 4) is 16.9 Å². The summed E-state index contributed by atoms with van der Waals surface area (Å²) in [7, 11) is 0. The zero-order valence-corrected chi connectivity index (χ0v) is 9.59. The lowest BCUT2D eigenvalue weighted by molar-refractivity contribution is -0.130. The van der Waals surface area contributed by atoms with E-state index in [0.717, 1.165) is 11.1 Å². The Morgan fingerprint density at radius 1 is 1.00 bits per heavy atom. The lowest BCUT2D eigenvalue weighted by Gasteiger charge is -2.05. The van der Waals surface area contributed by atoms with Gasteiger partial charge < -0.3 is 4.74 Å². The number of carbonyl (C=O) groups excluding carboxylic acids is 1. The van der Waals surface area contributed by atoms with E-state index in [4.69, 9.17) is 4.74 Å². The van der Waals surface area contributed by atoms with Crippen molar-refractivity contribution >= 4 is 5.97 Å². The smallest absolute Gasteiger partial charge is 0.314 e. The first-order valence-electron chi connectivity index (χ1n) is 5.46. The third-order valence-electron chi connectivity index (χ3n) is 2.40. The largest absolute Gasteiger partial charge is 0.426 e. The fourth-order valence-electron chi connectivity index (χ4n) is 1.54. The minimum Gasteiger partial charge on any atom is -0.426 e. The summed E-state index contributed by atoms with van der Waals surface area (Å²) in [5, 5.41) is 0. The van der Waals surface area contributed by atoms with Gasteiger partial charge in [-0.25, -0.2) is 0 Å². The minimum absolute atomic E-state index is 0.338. The Balaban J connectivity index is 2.26. The van der Waals surface area contributed by atoms with Gasteiger partial charge in [0, 0.05) is 0 Å². The summed E-state index contributed by atoms with van der Waals surface area (Å²) in [6, 6.07) is 17.5. The van der Waals surface area contributed by atoms with Gasteiger partial charge in [0.25, 0.3) is 0 Å². The number of ether oxygens (including phenoxy) is 1. The second-order valence-corrected chi connectivity index (χ2v) is 3.60. The molecule has 0 fully saturated rings. The maximum absolute atomic E-state index is 11.2. The highest BCUT2D eigenvalue weighted by molar-refractivity contribution is 5.81. The van der Waals surface area contributed by atoms with E-state index < -0.39 is 0 Å². The Morgan fingerprint density at radius 2 is 1.71 bits per heavy atom. The topological polar surface area (TPSA) is 26.3 Å². The molecule has 0 aliphatic rings. The van der Waals surface area contributed by atoms with Crippen LogP contribution in [0, 0.1) is 6.42 Å². The van der Waals surface area contributed by atoms with Gasteiger partial charge in [0.2, 0.25) is 0 Å². The molecule has 0 aliphatic heterocycles. The molecule has 0 unspecified atom stereocenters. The second-order valence-electron chi connectivity index (χ2n) is 3.60. The fraction of sp³-hybridized carbons (Fsp3) is 0.0667. The highest BCUT2D eigenvalue weighted by Crippen LogP contribution is 2.23. The van der Waals surface area contributed by atoms with E-state index in [1.165, 1.54) is 6.42 Å². The summed E-state index contributed by atoms with van der Waals surface area (Å²) >= 11 is 0.